The molecule has 2 heteroatoms. The third-order valence-electron chi connectivity index (χ3n) is 3.88. The van der Waals surface area contributed by atoms with Crippen molar-refractivity contribution in [2.45, 2.75) is 71.4 Å². The molecule has 16 heavy (non-hydrogen) atoms. The zero-order chi connectivity index (χ0) is 11.8. The lowest BCUT2D eigenvalue weighted by molar-refractivity contribution is 0.113. The van der Waals surface area contributed by atoms with Crippen LogP contribution < -0.4 is 5.32 Å². The van der Waals surface area contributed by atoms with E-state index in [1.54, 1.807) is 0 Å². The molecule has 3 atom stereocenters. The molecule has 1 aliphatic heterocycles. The second kappa shape index (κ2) is 8.08. The van der Waals surface area contributed by atoms with Crippen LogP contribution in [0.1, 0.15) is 59.3 Å². The molecule has 1 rings (SSSR count). The fraction of sp³-hybridized carbons (Fsp3) is 1.00. The van der Waals surface area contributed by atoms with Crippen LogP contribution in [0.25, 0.3) is 0 Å². The highest BCUT2D eigenvalue weighted by atomic mass is 16.5. The van der Waals surface area contributed by atoms with Gasteiger partial charge in [0.2, 0.25) is 0 Å². The van der Waals surface area contributed by atoms with E-state index in [1.807, 2.05) is 0 Å². The molecule has 0 radical (unpaired) electrons. The molecule has 0 spiro atoms. The van der Waals surface area contributed by atoms with Crippen LogP contribution in [0.2, 0.25) is 0 Å². The molecule has 1 N–H and O–H groups in total. The van der Waals surface area contributed by atoms with Gasteiger partial charge < -0.3 is 10.1 Å². The Hall–Kier alpha value is -0.0800. The van der Waals surface area contributed by atoms with Crippen LogP contribution in [0.15, 0.2) is 0 Å². The molecular formula is C14H29NO. The molecule has 1 fully saturated rings. The van der Waals surface area contributed by atoms with Crippen molar-refractivity contribution in [2.24, 2.45) is 5.92 Å². The first-order valence-corrected chi connectivity index (χ1v) is 7.12. The molecule has 96 valence electrons. The minimum Gasteiger partial charge on any atom is -0.377 e. The van der Waals surface area contributed by atoms with Gasteiger partial charge in [-0.15, -0.1) is 0 Å². The summed E-state index contributed by atoms with van der Waals surface area (Å²) in [5.41, 5.74) is 0. The Balaban J connectivity index is 2.08. The summed E-state index contributed by atoms with van der Waals surface area (Å²) in [6.45, 7) is 8.88. The summed E-state index contributed by atoms with van der Waals surface area (Å²) in [5.74, 6) is 0.921. The van der Waals surface area contributed by atoms with E-state index in [9.17, 15) is 0 Å². The Morgan fingerprint density at radius 2 is 2.12 bits per heavy atom. The lowest BCUT2D eigenvalue weighted by Gasteiger charge is -2.19. The van der Waals surface area contributed by atoms with Crippen molar-refractivity contribution in [3.63, 3.8) is 0 Å². The number of hydrogen-bond donors (Lipinski definition) is 1. The van der Waals surface area contributed by atoms with Crippen molar-refractivity contribution < 1.29 is 4.74 Å². The minimum atomic E-state index is 0.413. The van der Waals surface area contributed by atoms with Crippen LogP contribution >= 0.6 is 0 Å². The van der Waals surface area contributed by atoms with Gasteiger partial charge in [0.05, 0.1) is 6.10 Å². The van der Waals surface area contributed by atoms with Gasteiger partial charge in [-0.1, -0.05) is 39.5 Å². The van der Waals surface area contributed by atoms with Crippen LogP contribution in [0.4, 0.5) is 0 Å². The van der Waals surface area contributed by atoms with Crippen LogP contribution in [-0.4, -0.2) is 25.3 Å². The first-order valence-electron chi connectivity index (χ1n) is 7.12. The molecule has 0 bridgehead atoms. The summed E-state index contributed by atoms with van der Waals surface area (Å²) in [5, 5.41) is 3.65. The molecule has 0 aromatic heterocycles. The normalized spacial score (nSPS) is 27.2. The molecule has 1 aliphatic rings. The molecule has 0 amide bonds. The van der Waals surface area contributed by atoms with Gasteiger partial charge in [0.15, 0.2) is 0 Å². The largest absolute Gasteiger partial charge is 0.377 e. The quantitative estimate of drug-likeness (QED) is 0.686. The van der Waals surface area contributed by atoms with E-state index in [4.69, 9.17) is 4.74 Å². The van der Waals surface area contributed by atoms with Gasteiger partial charge in [-0.05, 0) is 32.2 Å². The molecule has 0 aliphatic carbocycles. The maximum Gasteiger partial charge on any atom is 0.0700 e. The van der Waals surface area contributed by atoms with Gasteiger partial charge in [-0.3, -0.25) is 0 Å². The Bertz CT molecular complexity index is 172. The van der Waals surface area contributed by atoms with Gasteiger partial charge in [0.1, 0.15) is 0 Å². The summed E-state index contributed by atoms with van der Waals surface area (Å²) >= 11 is 0. The standard InChI is InChI=1S/C14H29NO/c1-4-6-7-13(5-2)8-10-15-14-9-11-16-12(14)3/h12-15H,4-11H2,1-3H3. The first kappa shape index (κ1) is 14.0. The highest BCUT2D eigenvalue weighted by Crippen LogP contribution is 2.17. The van der Waals surface area contributed by atoms with Crippen LogP contribution in [0.5, 0.6) is 0 Å². The Morgan fingerprint density at radius 1 is 1.31 bits per heavy atom. The van der Waals surface area contributed by atoms with Crippen molar-refractivity contribution >= 4 is 0 Å². The van der Waals surface area contributed by atoms with E-state index in [-0.39, 0.29) is 0 Å². The van der Waals surface area contributed by atoms with Gasteiger partial charge in [0, 0.05) is 12.6 Å². The zero-order valence-electron chi connectivity index (χ0n) is 11.3. The van der Waals surface area contributed by atoms with Crippen molar-refractivity contribution in [3.05, 3.63) is 0 Å². The topological polar surface area (TPSA) is 21.3 Å². The summed E-state index contributed by atoms with van der Waals surface area (Å²) in [4.78, 5) is 0. The third kappa shape index (κ3) is 4.84. The van der Waals surface area contributed by atoms with Crippen LogP contribution in [0, 0.1) is 5.92 Å². The highest BCUT2D eigenvalue weighted by molar-refractivity contribution is 4.79. The summed E-state index contributed by atoms with van der Waals surface area (Å²) < 4.78 is 5.55. The van der Waals surface area contributed by atoms with E-state index in [0.29, 0.717) is 12.1 Å². The van der Waals surface area contributed by atoms with Gasteiger partial charge in [-0.2, -0.15) is 0 Å². The molecule has 3 unspecified atom stereocenters. The number of rotatable bonds is 8. The van der Waals surface area contributed by atoms with E-state index in [2.05, 4.69) is 26.1 Å². The fourth-order valence-corrected chi connectivity index (χ4v) is 2.52. The average molecular weight is 227 g/mol. The van der Waals surface area contributed by atoms with Crippen LogP contribution in [-0.2, 0) is 4.74 Å². The highest BCUT2D eigenvalue weighted by Gasteiger charge is 2.23. The van der Waals surface area contributed by atoms with Crippen molar-refractivity contribution in [1.29, 1.82) is 0 Å². The van der Waals surface area contributed by atoms with Crippen LogP contribution in [0.3, 0.4) is 0 Å². The molecule has 0 saturated carbocycles. The molecule has 2 nitrogen and oxygen atoms in total. The van der Waals surface area contributed by atoms with Crippen molar-refractivity contribution in [1.82, 2.24) is 5.32 Å². The number of unbranched alkanes of at least 4 members (excludes halogenated alkanes) is 1. The van der Waals surface area contributed by atoms with E-state index in [1.165, 1.54) is 45.1 Å². The third-order valence-corrected chi connectivity index (χ3v) is 3.88. The molecule has 0 aromatic rings. The van der Waals surface area contributed by atoms with Gasteiger partial charge in [-0.25, -0.2) is 0 Å². The molecule has 1 heterocycles. The average Bonchev–Trinajstić information content (AvgIpc) is 2.69. The van der Waals surface area contributed by atoms with E-state index in [0.717, 1.165) is 12.5 Å². The zero-order valence-corrected chi connectivity index (χ0v) is 11.3. The number of hydrogen-bond acceptors (Lipinski definition) is 2. The molecule has 1 saturated heterocycles. The maximum atomic E-state index is 5.55. The number of ether oxygens (including phenoxy) is 1. The lowest BCUT2D eigenvalue weighted by Crippen LogP contribution is -2.35. The number of nitrogens with one attached hydrogen (secondary N) is 1. The Kier molecular flexibility index (Phi) is 7.06. The fourth-order valence-electron chi connectivity index (χ4n) is 2.52. The Morgan fingerprint density at radius 3 is 2.69 bits per heavy atom. The second-order valence-corrected chi connectivity index (χ2v) is 5.13. The monoisotopic (exact) mass is 227 g/mol. The summed E-state index contributed by atoms with van der Waals surface area (Å²) in [6.07, 6.45) is 8.39. The predicted molar refractivity (Wildman–Crippen MR) is 69.7 cm³/mol. The van der Waals surface area contributed by atoms with E-state index >= 15 is 0 Å². The van der Waals surface area contributed by atoms with E-state index < -0.39 is 0 Å². The molecular weight excluding hydrogens is 198 g/mol. The summed E-state index contributed by atoms with van der Waals surface area (Å²) in [7, 11) is 0. The SMILES string of the molecule is CCCCC(CC)CCNC1CCOC1C. The van der Waals surface area contributed by atoms with Crippen molar-refractivity contribution in [2.75, 3.05) is 13.2 Å². The second-order valence-electron chi connectivity index (χ2n) is 5.13. The minimum absolute atomic E-state index is 0.413. The maximum absolute atomic E-state index is 5.55. The first-order chi connectivity index (χ1) is 7.77. The smallest absolute Gasteiger partial charge is 0.0700 e. The van der Waals surface area contributed by atoms with Crippen molar-refractivity contribution in [3.8, 4) is 0 Å². The lowest BCUT2D eigenvalue weighted by atomic mass is 9.95. The summed E-state index contributed by atoms with van der Waals surface area (Å²) in [6, 6.07) is 0.601. The van der Waals surface area contributed by atoms with Gasteiger partial charge >= 0.3 is 0 Å². The Labute approximate surface area is 101 Å². The van der Waals surface area contributed by atoms with Gasteiger partial charge in [0.25, 0.3) is 0 Å². The predicted octanol–water partition coefficient (Wildman–Crippen LogP) is 3.36. The molecule has 0 aromatic carbocycles.